The van der Waals surface area contributed by atoms with E-state index in [1.165, 1.54) is 6.92 Å². The zero-order valence-electron chi connectivity index (χ0n) is 15.9. The van der Waals surface area contributed by atoms with Crippen LogP contribution in [0.15, 0.2) is 35.5 Å². The molecule has 2 atom stereocenters. The Morgan fingerprint density at radius 3 is 2.58 bits per heavy atom. The Bertz CT molecular complexity index is 612. The van der Waals surface area contributed by atoms with Gasteiger partial charge in [0.1, 0.15) is 6.04 Å². The number of carbonyl (C=O) groups is 2. The van der Waals surface area contributed by atoms with Crippen LogP contribution in [0.2, 0.25) is 0 Å². The molecule has 0 radical (unpaired) electrons. The average Bonchev–Trinajstić information content (AvgIpc) is 2.85. The highest BCUT2D eigenvalue weighted by Crippen LogP contribution is 2.32. The minimum atomic E-state index is -2.88. The fourth-order valence-corrected chi connectivity index (χ4v) is 2.72. The summed E-state index contributed by atoms with van der Waals surface area (Å²) in [7, 11) is 0. The molecule has 0 bridgehead atoms. The summed E-state index contributed by atoms with van der Waals surface area (Å²) in [6, 6.07) is -1.46. The molecule has 1 heterocycles. The summed E-state index contributed by atoms with van der Waals surface area (Å²) in [6.07, 6.45) is 7.40. The van der Waals surface area contributed by atoms with Gasteiger partial charge in [0.05, 0.1) is 6.54 Å². The lowest BCUT2D eigenvalue weighted by Gasteiger charge is -2.25. The molecule has 1 aliphatic rings. The maximum Gasteiger partial charge on any atom is 0.267 e. The highest BCUT2D eigenvalue weighted by molar-refractivity contribution is 5.99. The van der Waals surface area contributed by atoms with Crippen molar-refractivity contribution in [3.05, 3.63) is 35.5 Å². The molecular formula is C19H29F2N3O2. The van der Waals surface area contributed by atoms with Crippen LogP contribution in [0, 0.1) is 0 Å². The van der Waals surface area contributed by atoms with Crippen molar-refractivity contribution in [2.45, 2.75) is 58.5 Å². The topological polar surface area (TPSA) is 75.4 Å². The molecule has 0 aromatic carbocycles. The summed E-state index contributed by atoms with van der Waals surface area (Å²) in [5.74, 6) is -3.83. The Balaban J connectivity index is 2.86. The molecule has 1 rings (SSSR count). The number of carbonyl (C=O) groups excluding carboxylic acids is 2. The van der Waals surface area contributed by atoms with Gasteiger partial charge in [0.25, 0.3) is 11.8 Å². The number of nitrogens with zero attached hydrogens (tertiary/aromatic N) is 1. The summed E-state index contributed by atoms with van der Waals surface area (Å²) in [6.45, 7) is 6.55. The first-order valence-corrected chi connectivity index (χ1v) is 8.84. The van der Waals surface area contributed by atoms with Crippen LogP contribution in [0.3, 0.4) is 0 Å². The molecule has 2 unspecified atom stereocenters. The van der Waals surface area contributed by atoms with Gasteiger partial charge < -0.3 is 16.0 Å². The molecule has 0 aliphatic carbocycles. The number of halogens is 2. The van der Waals surface area contributed by atoms with Gasteiger partial charge >= 0.3 is 0 Å². The van der Waals surface area contributed by atoms with Crippen LogP contribution in [-0.2, 0) is 9.59 Å². The van der Waals surface area contributed by atoms with Gasteiger partial charge in [0, 0.05) is 24.6 Å². The van der Waals surface area contributed by atoms with Crippen molar-refractivity contribution in [2.75, 3.05) is 13.1 Å². The molecule has 7 heteroatoms. The van der Waals surface area contributed by atoms with Crippen molar-refractivity contribution < 1.29 is 18.4 Å². The van der Waals surface area contributed by atoms with Gasteiger partial charge in [-0.25, -0.2) is 8.78 Å². The summed E-state index contributed by atoms with van der Waals surface area (Å²) in [5, 5.41) is 2.60. The first-order chi connectivity index (χ1) is 12.1. The molecule has 5 nitrogen and oxygen atoms in total. The smallest absolute Gasteiger partial charge is 0.267 e. The van der Waals surface area contributed by atoms with Gasteiger partial charge in [0.15, 0.2) is 0 Å². The zero-order chi connectivity index (χ0) is 19.9. The lowest BCUT2D eigenvalue weighted by Crippen LogP contribution is -2.48. The molecule has 146 valence electrons. The Morgan fingerprint density at radius 2 is 2.08 bits per heavy atom. The lowest BCUT2D eigenvalue weighted by molar-refractivity contribution is -0.136. The number of rotatable bonds is 7. The molecule has 0 saturated carbocycles. The van der Waals surface area contributed by atoms with Crippen molar-refractivity contribution in [2.24, 2.45) is 5.73 Å². The molecule has 3 N–H and O–H groups in total. The molecule has 1 saturated heterocycles. The first kappa shape index (κ1) is 22.0. The van der Waals surface area contributed by atoms with E-state index in [0.717, 1.165) is 16.9 Å². The predicted molar refractivity (Wildman–Crippen MR) is 98.7 cm³/mol. The van der Waals surface area contributed by atoms with E-state index in [1.807, 2.05) is 13.0 Å². The molecule has 2 amide bonds. The van der Waals surface area contributed by atoms with E-state index >= 15 is 0 Å². The molecule has 26 heavy (non-hydrogen) atoms. The van der Waals surface area contributed by atoms with E-state index in [1.54, 1.807) is 32.1 Å². The number of allylic oxidation sites excluding steroid dienone is 3. The highest BCUT2D eigenvalue weighted by atomic mass is 19.3. The molecular weight excluding hydrogens is 340 g/mol. The summed E-state index contributed by atoms with van der Waals surface area (Å²) >= 11 is 0. The number of nitrogens with two attached hydrogens (primary N) is 1. The van der Waals surface area contributed by atoms with Crippen molar-refractivity contribution in [3.63, 3.8) is 0 Å². The number of likely N-dealkylation sites (tertiary alicyclic amines) is 1. The Labute approximate surface area is 154 Å². The van der Waals surface area contributed by atoms with Crippen LogP contribution in [0.5, 0.6) is 0 Å². The number of amides is 2. The minimum Gasteiger partial charge on any atom is -0.341 e. The van der Waals surface area contributed by atoms with Crippen LogP contribution in [0.4, 0.5) is 8.78 Å². The number of nitrogens with one attached hydrogen (secondary N) is 1. The standard InChI is InChI=1S/C19H29F2N3O2/c1-5-6-7-8-16(9-13(2)11-22)17(25)23-15(4)18(26)24-12-19(20,21)10-14(24)3/h6-9,14-15H,5,10-12,22H2,1-4H3,(H,23,25)/b7-6+,13-9+,16-8+. The quantitative estimate of drug-likeness (QED) is 0.535. The first-order valence-electron chi connectivity index (χ1n) is 8.84. The largest absolute Gasteiger partial charge is 0.341 e. The normalized spacial score (nSPS) is 22.0. The second-order valence-corrected chi connectivity index (χ2v) is 6.72. The number of hydrogen-bond donors (Lipinski definition) is 2. The van der Waals surface area contributed by atoms with Gasteiger partial charge in [-0.3, -0.25) is 9.59 Å². The van der Waals surface area contributed by atoms with Crippen molar-refractivity contribution in [3.8, 4) is 0 Å². The molecule has 0 aromatic heterocycles. The van der Waals surface area contributed by atoms with Crippen LogP contribution in [-0.4, -0.2) is 47.8 Å². The van der Waals surface area contributed by atoms with Crippen molar-refractivity contribution >= 4 is 11.8 Å². The van der Waals surface area contributed by atoms with Gasteiger partial charge in [0.2, 0.25) is 5.91 Å². The molecule has 0 spiro atoms. The Hall–Kier alpha value is -2.02. The number of alkyl halides is 2. The third-order valence-corrected chi connectivity index (χ3v) is 4.16. The van der Waals surface area contributed by atoms with Crippen LogP contribution in [0.1, 0.15) is 40.5 Å². The fourth-order valence-electron chi connectivity index (χ4n) is 2.72. The van der Waals surface area contributed by atoms with E-state index in [0.29, 0.717) is 12.1 Å². The van der Waals surface area contributed by atoms with Crippen LogP contribution >= 0.6 is 0 Å². The zero-order valence-corrected chi connectivity index (χ0v) is 15.9. The second-order valence-electron chi connectivity index (χ2n) is 6.72. The van der Waals surface area contributed by atoms with E-state index in [4.69, 9.17) is 5.73 Å². The summed E-state index contributed by atoms with van der Waals surface area (Å²) in [5.41, 5.74) is 6.74. The third-order valence-electron chi connectivity index (χ3n) is 4.16. The second kappa shape index (κ2) is 9.62. The monoisotopic (exact) mass is 369 g/mol. The fraction of sp³-hybridized carbons (Fsp3) is 0.579. The van der Waals surface area contributed by atoms with Crippen LogP contribution in [0.25, 0.3) is 0 Å². The Morgan fingerprint density at radius 1 is 1.42 bits per heavy atom. The van der Waals surface area contributed by atoms with E-state index < -0.39 is 36.4 Å². The van der Waals surface area contributed by atoms with Gasteiger partial charge in [-0.15, -0.1) is 0 Å². The summed E-state index contributed by atoms with van der Waals surface area (Å²) in [4.78, 5) is 26.1. The van der Waals surface area contributed by atoms with E-state index in [9.17, 15) is 18.4 Å². The molecule has 0 aromatic rings. The SMILES string of the molecule is CC/C=C/C=C(\C=C(/C)CN)C(=O)NC(C)C(=O)N1CC(F)(F)CC1C. The lowest BCUT2D eigenvalue weighted by atomic mass is 10.1. The summed E-state index contributed by atoms with van der Waals surface area (Å²) < 4.78 is 27.0. The number of hydrogen-bond acceptors (Lipinski definition) is 3. The van der Waals surface area contributed by atoms with E-state index in [-0.39, 0.29) is 6.42 Å². The molecule has 1 fully saturated rings. The third kappa shape index (κ3) is 6.37. The maximum absolute atomic E-state index is 13.5. The van der Waals surface area contributed by atoms with Gasteiger partial charge in [-0.2, -0.15) is 0 Å². The Kier molecular flexibility index (Phi) is 8.14. The van der Waals surface area contributed by atoms with Gasteiger partial charge in [-0.05, 0) is 39.3 Å². The van der Waals surface area contributed by atoms with E-state index in [2.05, 4.69) is 5.32 Å². The van der Waals surface area contributed by atoms with Crippen molar-refractivity contribution in [1.82, 2.24) is 10.2 Å². The average molecular weight is 369 g/mol. The maximum atomic E-state index is 13.5. The van der Waals surface area contributed by atoms with Gasteiger partial charge in [-0.1, -0.05) is 24.6 Å². The molecule has 1 aliphatic heterocycles. The van der Waals surface area contributed by atoms with Crippen molar-refractivity contribution in [1.29, 1.82) is 0 Å². The minimum absolute atomic E-state index is 0.303. The highest BCUT2D eigenvalue weighted by Gasteiger charge is 2.45. The van der Waals surface area contributed by atoms with Crippen LogP contribution < -0.4 is 11.1 Å². The predicted octanol–water partition coefficient (Wildman–Crippen LogP) is 2.54.